The summed E-state index contributed by atoms with van der Waals surface area (Å²) in [6, 6.07) is 2.25. The van der Waals surface area contributed by atoms with Gasteiger partial charge >= 0.3 is 0 Å². The monoisotopic (exact) mass is 265 g/mol. The van der Waals surface area contributed by atoms with E-state index in [1.807, 2.05) is 13.0 Å². The fourth-order valence-electron chi connectivity index (χ4n) is 2.38. The number of nitrogens with one attached hydrogen (secondary N) is 2. The predicted molar refractivity (Wildman–Crippen MR) is 77.2 cm³/mol. The maximum absolute atomic E-state index is 5.72. The Morgan fingerprint density at radius 1 is 1.37 bits per heavy atom. The molecule has 1 saturated heterocycles. The van der Waals surface area contributed by atoms with Crippen LogP contribution in [0.25, 0.3) is 0 Å². The molecule has 6 heteroatoms. The van der Waals surface area contributed by atoms with Crippen LogP contribution in [0.5, 0.6) is 0 Å². The van der Waals surface area contributed by atoms with E-state index in [2.05, 4.69) is 27.5 Å². The van der Waals surface area contributed by atoms with Crippen molar-refractivity contribution in [2.75, 3.05) is 36.1 Å². The van der Waals surface area contributed by atoms with Gasteiger partial charge in [-0.2, -0.15) is 9.97 Å². The van der Waals surface area contributed by atoms with Gasteiger partial charge in [0.25, 0.3) is 0 Å². The SMILES string of the molecule is CCNc1cc(NC(C)C2CCOCC2)nc(N)n1. The van der Waals surface area contributed by atoms with Crippen LogP contribution >= 0.6 is 0 Å². The van der Waals surface area contributed by atoms with Crippen molar-refractivity contribution in [3.8, 4) is 0 Å². The second-order valence-electron chi connectivity index (χ2n) is 4.91. The van der Waals surface area contributed by atoms with E-state index < -0.39 is 0 Å². The molecule has 0 aromatic carbocycles. The summed E-state index contributed by atoms with van der Waals surface area (Å²) >= 11 is 0. The standard InChI is InChI=1S/C13H23N5O/c1-3-15-11-8-12(18-13(14)17-11)16-9(2)10-4-6-19-7-5-10/h8-10H,3-7H2,1-2H3,(H4,14,15,16,17,18). The van der Waals surface area contributed by atoms with Gasteiger partial charge in [0, 0.05) is 31.9 Å². The van der Waals surface area contributed by atoms with Crippen molar-refractivity contribution in [3.63, 3.8) is 0 Å². The van der Waals surface area contributed by atoms with Gasteiger partial charge in [0.2, 0.25) is 5.95 Å². The Kier molecular flexibility index (Phi) is 4.79. The normalized spacial score (nSPS) is 18.0. The third kappa shape index (κ3) is 3.96. The number of anilines is 3. The lowest BCUT2D eigenvalue weighted by Gasteiger charge is -2.28. The predicted octanol–water partition coefficient (Wildman–Crippen LogP) is 1.72. The summed E-state index contributed by atoms with van der Waals surface area (Å²) in [5, 5.41) is 6.57. The van der Waals surface area contributed by atoms with Crippen molar-refractivity contribution in [1.82, 2.24) is 9.97 Å². The third-order valence-electron chi connectivity index (χ3n) is 3.45. The lowest BCUT2D eigenvalue weighted by atomic mass is 9.93. The van der Waals surface area contributed by atoms with E-state index in [0.29, 0.717) is 17.9 Å². The molecule has 6 nitrogen and oxygen atoms in total. The second-order valence-corrected chi connectivity index (χ2v) is 4.91. The van der Waals surface area contributed by atoms with E-state index in [9.17, 15) is 0 Å². The first kappa shape index (κ1) is 13.9. The first-order chi connectivity index (χ1) is 9.19. The van der Waals surface area contributed by atoms with Crippen molar-refractivity contribution in [2.45, 2.75) is 32.7 Å². The van der Waals surface area contributed by atoms with E-state index in [-0.39, 0.29) is 0 Å². The van der Waals surface area contributed by atoms with E-state index in [1.54, 1.807) is 0 Å². The van der Waals surface area contributed by atoms with Crippen LogP contribution < -0.4 is 16.4 Å². The molecule has 0 aliphatic carbocycles. The number of nitrogens with zero attached hydrogens (tertiary/aromatic N) is 2. The molecule has 0 radical (unpaired) electrons. The molecular formula is C13H23N5O. The van der Waals surface area contributed by atoms with Crippen molar-refractivity contribution in [3.05, 3.63) is 6.07 Å². The number of aromatic nitrogens is 2. The topological polar surface area (TPSA) is 85.1 Å². The van der Waals surface area contributed by atoms with Gasteiger partial charge in [-0.1, -0.05) is 0 Å². The van der Waals surface area contributed by atoms with Crippen molar-refractivity contribution >= 4 is 17.6 Å². The lowest BCUT2D eigenvalue weighted by molar-refractivity contribution is 0.0622. The number of ether oxygens (including phenoxy) is 1. The highest BCUT2D eigenvalue weighted by Gasteiger charge is 2.20. The minimum absolute atomic E-state index is 0.292. The van der Waals surface area contributed by atoms with Crippen LogP contribution in [-0.2, 0) is 4.74 Å². The number of hydrogen-bond acceptors (Lipinski definition) is 6. The molecule has 2 heterocycles. The largest absolute Gasteiger partial charge is 0.381 e. The summed E-state index contributed by atoms with van der Waals surface area (Å²) in [5.74, 6) is 2.45. The molecule has 0 saturated carbocycles. The van der Waals surface area contributed by atoms with Crippen LogP contribution in [0.4, 0.5) is 17.6 Å². The molecule has 1 aromatic heterocycles. The molecule has 0 bridgehead atoms. The summed E-state index contributed by atoms with van der Waals surface area (Å²) in [6.07, 6.45) is 2.18. The summed E-state index contributed by atoms with van der Waals surface area (Å²) in [6.45, 7) is 6.72. The quantitative estimate of drug-likeness (QED) is 0.751. The molecule has 1 unspecified atom stereocenters. The maximum atomic E-state index is 5.72. The average molecular weight is 265 g/mol. The zero-order valence-corrected chi connectivity index (χ0v) is 11.6. The Bertz CT molecular complexity index is 406. The van der Waals surface area contributed by atoms with E-state index in [1.165, 1.54) is 0 Å². The number of hydrogen-bond donors (Lipinski definition) is 3. The van der Waals surface area contributed by atoms with Crippen LogP contribution in [0.2, 0.25) is 0 Å². The minimum Gasteiger partial charge on any atom is -0.381 e. The van der Waals surface area contributed by atoms with Crippen molar-refractivity contribution in [1.29, 1.82) is 0 Å². The van der Waals surface area contributed by atoms with Crippen molar-refractivity contribution in [2.24, 2.45) is 5.92 Å². The molecule has 106 valence electrons. The van der Waals surface area contributed by atoms with Gasteiger partial charge in [-0.05, 0) is 32.6 Å². The van der Waals surface area contributed by atoms with Gasteiger partial charge in [-0.3, -0.25) is 0 Å². The van der Waals surface area contributed by atoms with Crippen LogP contribution in [0.3, 0.4) is 0 Å². The zero-order valence-electron chi connectivity index (χ0n) is 11.6. The van der Waals surface area contributed by atoms with E-state index >= 15 is 0 Å². The third-order valence-corrected chi connectivity index (χ3v) is 3.45. The zero-order chi connectivity index (χ0) is 13.7. The van der Waals surface area contributed by atoms with Gasteiger partial charge < -0.3 is 21.1 Å². The molecule has 1 aromatic rings. The minimum atomic E-state index is 0.292. The first-order valence-electron chi connectivity index (χ1n) is 6.91. The van der Waals surface area contributed by atoms with Gasteiger partial charge in [-0.25, -0.2) is 0 Å². The number of nitrogens with two attached hydrogens (primary N) is 1. The van der Waals surface area contributed by atoms with Crippen LogP contribution in [-0.4, -0.2) is 35.8 Å². The van der Waals surface area contributed by atoms with Crippen LogP contribution in [0.15, 0.2) is 6.07 Å². The molecule has 1 aliphatic rings. The Morgan fingerprint density at radius 3 is 2.74 bits per heavy atom. The molecule has 1 aliphatic heterocycles. The lowest BCUT2D eigenvalue weighted by Crippen LogP contribution is -2.31. The van der Waals surface area contributed by atoms with Gasteiger partial charge in [0.15, 0.2) is 0 Å². The second kappa shape index (κ2) is 6.56. The highest BCUT2D eigenvalue weighted by molar-refractivity contribution is 5.51. The molecule has 1 fully saturated rings. The fraction of sp³-hybridized carbons (Fsp3) is 0.692. The van der Waals surface area contributed by atoms with Gasteiger partial charge in [-0.15, -0.1) is 0 Å². The molecule has 19 heavy (non-hydrogen) atoms. The summed E-state index contributed by atoms with van der Waals surface area (Å²) in [4.78, 5) is 8.37. The Hall–Kier alpha value is -1.56. The molecular weight excluding hydrogens is 242 g/mol. The van der Waals surface area contributed by atoms with E-state index in [0.717, 1.165) is 44.2 Å². The smallest absolute Gasteiger partial charge is 0.223 e. The van der Waals surface area contributed by atoms with Crippen molar-refractivity contribution < 1.29 is 4.74 Å². The Balaban J connectivity index is 2.00. The number of rotatable bonds is 5. The van der Waals surface area contributed by atoms with Gasteiger partial charge in [0.05, 0.1) is 0 Å². The summed E-state index contributed by atoms with van der Waals surface area (Å²) in [5.41, 5.74) is 5.72. The summed E-state index contributed by atoms with van der Waals surface area (Å²) < 4.78 is 5.39. The van der Waals surface area contributed by atoms with Crippen LogP contribution in [0, 0.1) is 5.92 Å². The molecule has 0 spiro atoms. The molecule has 0 amide bonds. The molecule has 4 N–H and O–H groups in total. The highest BCUT2D eigenvalue weighted by Crippen LogP contribution is 2.22. The number of nitrogen functional groups attached to an aromatic ring is 1. The van der Waals surface area contributed by atoms with Crippen LogP contribution in [0.1, 0.15) is 26.7 Å². The maximum Gasteiger partial charge on any atom is 0.223 e. The van der Waals surface area contributed by atoms with E-state index in [4.69, 9.17) is 10.5 Å². The average Bonchev–Trinajstić information content (AvgIpc) is 2.39. The Morgan fingerprint density at radius 2 is 2.05 bits per heavy atom. The van der Waals surface area contributed by atoms with Gasteiger partial charge in [0.1, 0.15) is 11.6 Å². The summed E-state index contributed by atoms with van der Waals surface area (Å²) in [7, 11) is 0. The Labute approximate surface area is 114 Å². The molecule has 2 rings (SSSR count). The fourth-order valence-corrected chi connectivity index (χ4v) is 2.38. The molecule has 1 atom stereocenters. The highest BCUT2D eigenvalue weighted by atomic mass is 16.5. The first-order valence-corrected chi connectivity index (χ1v) is 6.91.